The molecule has 0 aliphatic heterocycles. The van der Waals surface area contributed by atoms with Gasteiger partial charge < -0.3 is 18.9 Å². The Morgan fingerprint density at radius 2 is 1.82 bits per heavy atom. The SMILES string of the molecule is COC1=CC(C2=C(/C=C/c3ccc(OC)c(OC)c3)C#CCC2)=CCC1OC. The van der Waals surface area contributed by atoms with Crippen LogP contribution in [0.3, 0.4) is 0 Å². The highest BCUT2D eigenvalue weighted by Gasteiger charge is 2.21. The van der Waals surface area contributed by atoms with E-state index in [2.05, 4.69) is 36.1 Å². The van der Waals surface area contributed by atoms with Gasteiger partial charge in [0.2, 0.25) is 0 Å². The van der Waals surface area contributed by atoms with Crippen LogP contribution in [0.25, 0.3) is 6.08 Å². The van der Waals surface area contributed by atoms with Gasteiger partial charge >= 0.3 is 0 Å². The van der Waals surface area contributed by atoms with Crippen LogP contribution in [0.2, 0.25) is 0 Å². The molecule has 0 aromatic heterocycles. The lowest BCUT2D eigenvalue weighted by atomic mass is 9.88. The number of hydrogen-bond donors (Lipinski definition) is 0. The van der Waals surface area contributed by atoms with Crippen molar-refractivity contribution >= 4 is 6.08 Å². The number of benzene rings is 1. The van der Waals surface area contributed by atoms with Gasteiger partial charge in [-0.2, -0.15) is 0 Å². The molecule has 2 aliphatic rings. The highest BCUT2D eigenvalue weighted by atomic mass is 16.5. The molecule has 2 aliphatic carbocycles. The highest BCUT2D eigenvalue weighted by molar-refractivity contribution is 5.64. The maximum absolute atomic E-state index is 5.52. The van der Waals surface area contributed by atoms with Crippen molar-refractivity contribution in [3.8, 4) is 23.3 Å². The fourth-order valence-corrected chi connectivity index (χ4v) is 3.40. The van der Waals surface area contributed by atoms with Crippen LogP contribution in [0.5, 0.6) is 11.5 Å². The van der Waals surface area contributed by atoms with E-state index in [1.54, 1.807) is 28.4 Å². The van der Waals surface area contributed by atoms with E-state index in [0.29, 0.717) is 11.5 Å². The minimum Gasteiger partial charge on any atom is -0.498 e. The van der Waals surface area contributed by atoms with Crippen molar-refractivity contribution in [2.45, 2.75) is 25.4 Å². The van der Waals surface area contributed by atoms with Crippen LogP contribution in [0.4, 0.5) is 0 Å². The first-order chi connectivity index (χ1) is 13.7. The van der Waals surface area contributed by atoms with E-state index in [4.69, 9.17) is 18.9 Å². The Balaban J connectivity index is 1.91. The maximum Gasteiger partial charge on any atom is 0.161 e. The van der Waals surface area contributed by atoms with Crippen LogP contribution in [-0.4, -0.2) is 34.5 Å². The first kappa shape index (κ1) is 19.9. The second kappa shape index (κ2) is 9.34. The van der Waals surface area contributed by atoms with Gasteiger partial charge in [-0.3, -0.25) is 0 Å². The Kier molecular flexibility index (Phi) is 6.62. The Bertz CT molecular complexity index is 906. The third kappa shape index (κ3) is 4.32. The molecule has 1 atom stereocenters. The van der Waals surface area contributed by atoms with Crippen molar-refractivity contribution in [2.75, 3.05) is 28.4 Å². The van der Waals surface area contributed by atoms with Crippen molar-refractivity contribution in [2.24, 2.45) is 0 Å². The summed E-state index contributed by atoms with van der Waals surface area (Å²) in [5, 5.41) is 0. The van der Waals surface area contributed by atoms with Crippen molar-refractivity contribution in [1.82, 2.24) is 0 Å². The van der Waals surface area contributed by atoms with E-state index in [1.807, 2.05) is 18.2 Å². The predicted molar refractivity (Wildman–Crippen MR) is 111 cm³/mol. The van der Waals surface area contributed by atoms with E-state index >= 15 is 0 Å². The number of allylic oxidation sites excluding steroid dienone is 5. The van der Waals surface area contributed by atoms with E-state index in [-0.39, 0.29) is 6.10 Å². The molecule has 146 valence electrons. The molecule has 0 radical (unpaired) electrons. The molecule has 4 heteroatoms. The molecule has 0 heterocycles. The minimum absolute atomic E-state index is 0.0187. The molecule has 0 bridgehead atoms. The zero-order valence-corrected chi connectivity index (χ0v) is 16.9. The summed E-state index contributed by atoms with van der Waals surface area (Å²) in [6.45, 7) is 0. The largest absolute Gasteiger partial charge is 0.498 e. The molecule has 4 nitrogen and oxygen atoms in total. The van der Waals surface area contributed by atoms with Gasteiger partial charge in [-0.1, -0.05) is 30.1 Å². The van der Waals surface area contributed by atoms with E-state index in [0.717, 1.165) is 36.2 Å². The highest BCUT2D eigenvalue weighted by Crippen LogP contribution is 2.32. The van der Waals surface area contributed by atoms with Crippen molar-refractivity contribution in [3.63, 3.8) is 0 Å². The van der Waals surface area contributed by atoms with Gasteiger partial charge in [-0.05, 0) is 53.8 Å². The first-order valence-corrected chi connectivity index (χ1v) is 9.31. The molecule has 0 saturated heterocycles. The van der Waals surface area contributed by atoms with Crippen LogP contribution >= 0.6 is 0 Å². The van der Waals surface area contributed by atoms with Crippen LogP contribution in [-0.2, 0) is 9.47 Å². The Hall–Kier alpha value is -2.90. The third-order valence-electron chi connectivity index (χ3n) is 4.93. The summed E-state index contributed by atoms with van der Waals surface area (Å²) in [6.07, 6.45) is 11.0. The molecule has 28 heavy (non-hydrogen) atoms. The number of ether oxygens (including phenoxy) is 4. The molecule has 1 unspecified atom stereocenters. The standard InChI is InChI=1S/C24H26O4/c1-25-21-13-10-17(15-23(21)27-3)9-11-18-7-5-6-8-20(18)19-12-14-22(26-2)24(16-19)28-4/h9-13,15-16,22H,6,8,14H2,1-4H3/b11-9+. The summed E-state index contributed by atoms with van der Waals surface area (Å²) in [5.41, 5.74) is 4.49. The number of methoxy groups -OCH3 is 4. The lowest BCUT2D eigenvalue weighted by molar-refractivity contribution is 0.0791. The molecule has 0 amide bonds. The van der Waals surface area contributed by atoms with Crippen molar-refractivity contribution in [3.05, 3.63) is 64.5 Å². The van der Waals surface area contributed by atoms with Crippen LogP contribution in [0.1, 0.15) is 24.8 Å². The second-order valence-corrected chi connectivity index (χ2v) is 6.51. The molecule has 0 saturated carbocycles. The number of hydrogen-bond acceptors (Lipinski definition) is 4. The van der Waals surface area contributed by atoms with Crippen molar-refractivity contribution in [1.29, 1.82) is 0 Å². The summed E-state index contributed by atoms with van der Waals surface area (Å²) in [5.74, 6) is 8.79. The lowest BCUT2D eigenvalue weighted by Gasteiger charge is -2.23. The monoisotopic (exact) mass is 378 g/mol. The molecule has 1 aromatic carbocycles. The summed E-state index contributed by atoms with van der Waals surface area (Å²) in [7, 11) is 6.67. The summed E-state index contributed by atoms with van der Waals surface area (Å²) in [4.78, 5) is 0. The van der Waals surface area contributed by atoms with Gasteiger partial charge in [0.15, 0.2) is 11.5 Å². The zero-order chi connectivity index (χ0) is 19.9. The topological polar surface area (TPSA) is 36.9 Å². The molecule has 0 fully saturated rings. The van der Waals surface area contributed by atoms with E-state index in [9.17, 15) is 0 Å². The van der Waals surface area contributed by atoms with Crippen LogP contribution < -0.4 is 9.47 Å². The van der Waals surface area contributed by atoms with Gasteiger partial charge in [0.1, 0.15) is 11.9 Å². The smallest absolute Gasteiger partial charge is 0.161 e. The fourth-order valence-electron chi connectivity index (χ4n) is 3.40. The Morgan fingerprint density at radius 3 is 2.54 bits per heavy atom. The predicted octanol–water partition coefficient (Wildman–Crippen LogP) is 4.69. The van der Waals surface area contributed by atoms with E-state index < -0.39 is 0 Å². The first-order valence-electron chi connectivity index (χ1n) is 9.31. The summed E-state index contributed by atoms with van der Waals surface area (Å²) < 4.78 is 21.7. The van der Waals surface area contributed by atoms with Crippen LogP contribution in [0, 0.1) is 11.8 Å². The summed E-state index contributed by atoms with van der Waals surface area (Å²) in [6, 6.07) is 5.86. The fraction of sp³-hybridized carbons (Fsp3) is 0.333. The average molecular weight is 378 g/mol. The molecular weight excluding hydrogens is 352 g/mol. The number of rotatable bonds is 7. The van der Waals surface area contributed by atoms with Gasteiger partial charge in [-0.25, -0.2) is 0 Å². The van der Waals surface area contributed by atoms with Gasteiger partial charge in [-0.15, -0.1) is 0 Å². The molecule has 3 rings (SSSR count). The van der Waals surface area contributed by atoms with Gasteiger partial charge in [0.05, 0.1) is 21.3 Å². The quantitative estimate of drug-likeness (QED) is 0.645. The van der Waals surface area contributed by atoms with E-state index in [1.165, 1.54) is 11.1 Å². The molecular formula is C24H26O4. The third-order valence-corrected chi connectivity index (χ3v) is 4.93. The zero-order valence-electron chi connectivity index (χ0n) is 16.9. The summed E-state index contributed by atoms with van der Waals surface area (Å²) >= 11 is 0. The van der Waals surface area contributed by atoms with Crippen molar-refractivity contribution < 1.29 is 18.9 Å². The minimum atomic E-state index is -0.0187. The lowest BCUT2D eigenvalue weighted by Crippen LogP contribution is -2.18. The maximum atomic E-state index is 5.52. The molecule has 1 aromatic rings. The molecule has 0 spiro atoms. The van der Waals surface area contributed by atoms with Gasteiger partial charge in [0.25, 0.3) is 0 Å². The normalized spacial score (nSPS) is 18.9. The van der Waals surface area contributed by atoms with Gasteiger partial charge in [0, 0.05) is 19.1 Å². The van der Waals surface area contributed by atoms with Crippen LogP contribution in [0.15, 0.2) is 58.9 Å². The Morgan fingerprint density at radius 1 is 1.00 bits per heavy atom. The Labute approximate surface area is 167 Å². The second-order valence-electron chi connectivity index (χ2n) is 6.51. The molecule has 0 N–H and O–H groups in total. The average Bonchev–Trinajstić information content (AvgIpc) is 2.77.